The second-order valence-corrected chi connectivity index (χ2v) is 4.37. The number of aromatic nitrogens is 1. The van der Waals surface area contributed by atoms with Crippen molar-refractivity contribution in [3.8, 4) is 6.07 Å². The number of nitrogens with one attached hydrogen (secondary N) is 1. The van der Waals surface area contributed by atoms with E-state index in [1.165, 1.54) is 0 Å². The minimum absolute atomic E-state index is 0.206. The topological polar surface area (TPSA) is 66.5 Å². The van der Waals surface area contributed by atoms with Gasteiger partial charge in [0.05, 0.1) is 24.1 Å². The second-order valence-electron chi connectivity index (χ2n) is 4.37. The number of carbonyl (C=O) groups excluding carboxylic acids is 1. The van der Waals surface area contributed by atoms with E-state index in [9.17, 15) is 10.1 Å². The van der Waals surface area contributed by atoms with Gasteiger partial charge in [-0.15, -0.1) is 0 Å². The minimum atomic E-state index is -0.206. The predicted molar refractivity (Wildman–Crippen MR) is 75.1 cm³/mol. The molecule has 0 spiro atoms. The molecule has 0 unspecified atom stereocenters. The van der Waals surface area contributed by atoms with Crippen molar-refractivity contribution in [2.75, 3.05) is 13.2 Å². The lowest BCUT2D eigenvalue weighted by Crippen LogP contribution is -2.19. The van der Waals surface area contributed by atoms with Gasteiger partial charge in [0.25, 0.3) is 0 Å². The van der Waals surface area contributed by atoms with E-state index in [-0.39, 0.29) is 5.97 Å². The fourth-order valence-electron chi connectivity index (χ4n) is 2.09. The first-order valence-electron chi connectivity index (χ1n) is 6.61. The summed E-state index contributed by atoms with van der Waals surface area (Å²) >= 11 is 0. The Morgan fingerprint density at radius 3 is 3.10 bits per heavy atom. The maximum Gasteiger partial charge on any atom is 0.307 e. The van der Waals surface area contributed by atoms with Gasteiger partial charge in [0.2, 0.25) is 0 Å². The van der Waals surface area contributed by atoms with Crippen LogP contribution < -0.4 is 5.32 Å². The third-order valence-corrected chi connectivity index (χ3v) is 3.00. The van der Waals surface area contributed by atoms with Crippen LogP contribution in [0.1, 0.15) is 24.5 Å². The molecule has 0 bridgehead atoms. The Bertz CT molecular complexity index is 640. The Morgan fingerprint density at radius 2 is 2.35 bits per heavy atom. The van der Waals surface area contributed by atoms with Crippen molar-refractivity contribution in [3.63, 3.8) is 0 Å². The molecule has 2 heterocycles. The average molecular weight is 271 g/mol. The molecular weight excluding hydrogens is 254 g/mol. The van der Waals surface area contributed by atoms with Crippen molar-refractivity contribution in [2.45, 2.75) is 19.9 Å². The van der Waals surface area contributed by atoms with Crippen LogP contribution in [0.3, 0.4) is 0 Å². The van der Waals surface area contributed by atoms with Crippen LogP contribution in [0, 0.1) is 11.3 Å². The van der Waals surface area contributed by atoms with E-state index < -0.39 is 0 Å². The standard InChI is InChI=1S/C15H17N3O2/c1-2-20-15(19)6-7-17-10-12-11-18-8-4-3-5-14(18)13(12)9-16/h3-5,8,11,17H,2,6-7,10H2,1H3. The molecule has 0 aliphatic heterocycles. The lowest BCUT2D eigenvalue weighted by atomic mass is 10.2. The number of nitrogens with zero attached hydrogens (tertiary/aromatic N) is 2. The zero-order chi connectivity index (χ0) is 14.4. The van der Waals surface area contributed by atoms with E-state index in [2.05, 4.69) is 11.4 Å². The summed E-state index contributed by atoms with van der Waals surface area (Å²) in [6.07, 6.45) is 4.19. The van der Waals surface area contributed by atoms with Crippen LogP contribution >= 0.6 is 0 Å². The van der Waals surface area contributed by atoms with Gasteiger partial charge in [0, 0.05) is 31.0 Å². The lowest BCUT2D eigenvalue weighted by molar-refractivity contribution is -0.142. The number of hydrogen-bond acceptors (Lipinski definition) is 4. The summed E-state index contributed by atoms with van der Waals surface area (Å²) in [7, 11) is 0. The van der Waals surface area contributed by atoms with Gasteiger partial charge in [0.1, 0.15) is 6.07 Å². The van der Waals surface area contributed by atoms with Gasteiger partial charge in [-0.3, -0.25) is 4.79 Å². The van der Waals surface area contributed by atoms with Crippen molar-refractivity contribution in [1.82, 2.24) is 9.72 Å². The Balaban J connectivity index is 1.97. The van der Waals surface area contributed by atoms with Gasteiger partial charge >= 0.3 is 5.97 Å². The van der Waals surface area contributed by atoms with E-state index >= 15 is 0 Å². The summed E-state index contributed by atoms with van der Waals surface area (Å²) in [6.45, 7) is 3.29. The normalized spacial score (nSPS) is 10.4. The first-order valence-corrected chi connectivity index (χ1v) is 6.61. The van der Waals surface area contributed by atoms with Crippen LogP contribution in [0.15, 0.2) is 30.6 Å². The van der Waals surface area contributed by atoms with Crippen molar-refractivity contribution in [3.05, 3.63) is 41.7 Å². The average Bonchev–Trinajstić information content (AvgIpc) is 2.81. The quantitative estimate of drug-likeness (QED) is 0.643. The molecule has 0 aliphatic rings. The highest BCUT2D eigenvalue weighted by atomic mass is 16.5. The number of carbonyl (C=O) groups is 1. The Morgan fingerprint density at radius 1 is 1.50 bits per heavy atom. The number of fused-ring (bicyclic) bond motifs is 1. The van der Waals surface area contributed by atoms with Crippen LogP contribution in [0.5, 0.6) is 0 Å². The molecule has 0 amide bonds. The number of rotatable bonds is 6. The summed E-state index contributed by atoms with van der Waals surface area (Å²) < 4.78 is 6.78. The Hall–Kier alpha value is -2.32. The predicted octanol–water partition coefficient (Wildman–Crippen LogP) is 1.85. The van der Waals surface area contributed by atoms with E-state index in [1.807, 2.05) is 35.0 Å². The van der Waals surface area contributed by atoms with Crippen molar-refractivity contribution >= 4 is 11.5 Å². The van der Waals surface area contributed by atoms with Crippen LogP contribution in [-0.4, -0.2) is 23.5 Å². The SMILES string of the molecule is CCOC(=O)CCNCc1cn2ccccc2c1C#N. The highest BCUT2D eigenvalue weighted by Gasteiger charge is 2.09. The third kappa shape index (κ3) is 3.16. The monoisotopic (exact) mass is 271 g/mol. The van der Waals surface area contributed by atoms with Crippen molar-refractivity contribution in [1.29, 1.82) is 5.26 Å². The molecular formula is C15H17N3O2. The fraction of sp³-hybridized carbons (Fsp3) is 0.333. The maximum absolute atomic E-state index is 11.2. The zero-order valence-corrected chi connectivity index (χ0v) is 11.4. The number of esters is 1. The Kier molecular flexibility index (Phi) is 4.75. The maximum atomic E-state index is 11.2. The summed E-state index contributed by atoms with van der Waals surface area (Å²) in [6, 6.07) is 7.99. The van der Waals surface area contributed by atoms with E-state index in [0.29, 0.717) is 31.7 Å². The van der Waals surface area contributed by atoms with Gasteiger partial charge in [-0.2, -0.15) is 5.26 Å². The van der Waals surface area contributed by atoms with Crippen LogP contribution in [0.2, 0.25) is 0 Å². The fourth-order valence-corrected chi connectivity index (χ4v) is 2.09. The molecule has 0 saturated carbocycles. The third-order valence-electron chi connectivity index (χ3n) is 3.00. The molecule has 0 saturated heterocycles. The largest absolute Gasteiger partial charge is 0.466 e. The van der Waals surface area contributed by atoms with Gasteiger partial charge < -0.3 is 14.5 Å². The van der Waals surface area contributed by atoms with Gasteiger partial charge in [0.15, 0.2) is 0 Å². The zero-order valence-electron chi connectivity index (χ0n) is 11.4. The molecule has 1 N–H and O–H groups in total. The van der Waals surface area contributed by atoms with Crippen molar-refractivity contribution in [2.24, 2.45) is 0 Å². The van der Waals surface area contributed by atoms with Gasteiger partial charge in [-0.1, -0.05) is 6.07 Å². The number of nitriles is 1. The van der Waals surface area contributed by atoms with Crippen molar-refractivity contribution < 1.29 is 9.53 Å². The molecule has 5 heteroatoms. The van der Waals surface area contributed by atoms with Crippen LogP contribution in [-0.2, 0) is 16.1 Å². The molecule has 0 radical (unpaired) electrons. The first-order chi connectivity index (χ1) is 9.76. The summed E-state index contributed by atoms with van der Waals surface area (Å²) in [5, 5.41) is 12.4. The molecule has 2 aromatic heterocycles. The lowest BCUT2D eigenvalue weighted by Gasteiger charge is -2.03. The molecule has 2 rings (SSSR count). The molecule has 2 aromatic rings. The highest BCUT2D eigenvalue weighted by Crippen LogP contribution is 2.17. The summed E-state index contributed by atoms with van der Waals surface area (Å²) in [4.78, 5) is 11.2. The first kappa shape index (κ1) is 14.1. The second kappa shape index (κ2) is 6.73. The highest BCUT2D eigenvalue weighted by molar-refractivity contribution is 5.69. The van der Waals surface area contributed by atoms with E-state index in [4.69, 9.17) is 4.74 Å². The molecule has 20 heavy (non-hydrogen) atoms. The van der Waals surface area contributed by atoms with Gasteiger partial charge in [-0.25, -0.2) is 0 Å². The van der Waals surface area contributed by atoms with Gasteiger partial charge in [-0.05, 0) is 19.1 Å². The molecule has 5 nitrogen and oxygen atoms in total. The summed E-state index contributed by atoms with van der Waals surface area (Å²) in [5.41, 5.74) is 2.51. The molecule has 104 valence electrons. The number of ether oxygens (including phenoxy) is 1. The minimum Gasteiger partial charge on any atom is -0.466 e. The summed E-state index contributed by atoms with van der Waals surface area (Å²) in [5.74, 6) is -0.206. The van der Waals surface area contributed by atoms with E-state index in [0.717, 1.165) is 11.1 Å². The molecule has 0 aromatic carbocycles. The molecule has 0 aliphatic carbocycles. The van der Waals surface area contributed by atoms with E-state index in [1.54, 1.807) is 6.92 Å². The molecule has 0 fully saturated rings. The molecule has 0 atom stereocenters. The number of hydrogen-bond donors (Lipinski definition) is 1. The number of pyridine rings is 1. The van der Waals surface area contributed by atoms with Crippen LogP contribution in [0.25, 0.3) is 5.52 Å². The van der Waals surface area contributed by atoms with Crippen LogP contribution in [0.4, 0.5) is 0 Å². The smallest absolute Gasteiger partial charge is 0.307 e. The Labute approximate surface area is 117 Å².